The number of amides is 1. The number of carboxylic acid groups (broad SMARTS) is 1. The van der Waals surface area contributed by atoms with E-state index >= 15 is 0 Å². The number of aliphatic hydroxyl groups is 1. The van der Waals surface area contributed by atoms with E-state index in [0.29, 0.717) is 19.5 Å². The molecule has 2 unspecified atom stereocenters. The zero-order valence-corrected chi connectivity index (χ0v) is 11.3. The van der Waals surface area contributed by atoms with Gasteiger partial charge in [0.2, 0.25) is 5.91 Å². The van der Waals surface area contributed by atoms with Crippen LogP contribution in [0.2, 0.25) is 0 Å². The van der Waals surface area contributed by atoms with Gasteiger partial charge in [0, 0.05) is 19.5 Å². The highest BCUT2D eigenvalue weighted by Gasteiger charge is 2.40. The van der Waals surface area contributed by atoms with Crippen molar-refractivity contribution in [2.75, 3.05) is 13.1 Å². The van der Waals surface area contributed by atoms with Crippen molar-refractivity contribution in [1.29, 1.82) is 0 Å². The predicted molar refractivity (Wildman–Crippen MR) is 67.0 cm³/mol. The number of hydrogen-bond acceptors (Lipinski definition) is 3. The number of β-amino-alcohol motifs (C(OH)–C–C–N with tert-alkyl or cyclic N) is 1. The van der Waals surface area contributed by atoms with E-state index < -0.39 is 17.5 Å². The Bertz CT molecular complexity index is 329. The predicted octanol–water partition coefficient (Wildman–Crippen LogP) is 1.11. The van der Waals surface area contributed by atoms with Crippen molar-refractivity contribution in [2.45, 2.75) is 46.1 Å². The van der Waals surface area contributed by atoms with Crippen molar-refractivity contribution in [1.82, 2.24) is 4.90 Å². The highest BCUT2D eigenvalue weighted by Crippen LogP contribution is 2.32. The highest BCUT2D eigenvalue weighted by molar-refractivity contribution is 5.85. The van der Waals surface area contributed by atoms with E-state index in [4.69, 9.17) is 0 Å². The highest BCUT2D eigenvalue weighted by atomic mass is 16.4. The van der Waals surface area contributed by atoms with Gasteiger partial charge in [-0.15, -0.1) is 0 Å². The van der Waals surface area contributed by atoms with Crippen molar-refractivity contribution in [3.05, 3.63) is 0 Å². The number of carbonyl (C=O) groups excluding carboxylic acids is 1. The maximum Gasteiger partial charge on any atom is 0.310 e. The molecule has 5 heteroatoms. The van der Waals surface area contributed by atoms with Gasteiger partial charge in [-0.05, 0) is 25.7 Å². The van der Waals surface area contributed by atoms with Crippen LogP contribution in [-0.2, 0) is 9.59 Å². The number of carboxylic acids is 1. The summed E-state index contributed by atoms with van der Waals surface area (Å²) in [6.07, 6.45) is 1.01. The number of nitrogens with zero attached hydrogens (tertiary/aromatic N) is 1. The molecule has 2 N–H and O–H groups in total. The number of rotatable bonds is 4. The largest absolute Gasteiger partial charge is 0.481 e. The van der Waals surface area contributed by atoms with Crippen molar-refractivity contribution >= 4 is 11.9 Å². The average Bonchev–Trinajstić information content (AvgIpc) is 2.28. The van der Waals surface area contributed by atoms with Gasteiger partial charge in [0.25, 0.3) is 0 Å². The Balaban J connectivity index is 2.70. The minimum atomic E-state index is -1.04. The van der Waals surface area contributed by atoms with Crippen LogP contribution in [0.15, 0.2) is 0 Å². The van der Waals surface area contributed by atoms with Crippen LogP contribution in [0.25, 0.3) is 0 Å². The minimum absolute atomic E-state index is 0.00722. The third kappa shape index (κ3) is 3.22. The quantitative estimate of drug-likeness (QED) is 0.790. The Hall–Kier alpha value is -1.10. The zero-order valence-electron chi connectivity index (χ0n) is 11.3. The second kappa shape index (κ2) is 5.69. The van der Waals surface area contributed by atoms with Crippen LogP contribution in [0, 0.1) is 11.3 Å². The van der Waals surface area contributed by atoms with Crippen molar-refractivity contribution in [3.63, 3.8) is 0 Å². The van der Waals surface area contributed by atoms with Crippen LogP contribution in [0.4, 0.5) is 0 Å². The smallest absolute Gasteiger partial charge is 0.310 e. The van der Waals surface area contributed by atoms with E-state index in [1.165, 1.54) is 0 Å². The van der Waals surface area contributed by atoms with Crippen LogP contribution in [0.1, 0.15) is 40.0 Å². The van der Waals surface area contributed by atoms with Gasteiger partial charge in [-0.1, -0.05) is 13.8 Å². The maximum absolute atomic E-state index is 12.1. The molecule has 5 nitrogen and oxygen atoms in total. The van der Waals surface area contributed by atoms with Crippen molar-refractivity contribution in [2.24, 2.45) is 11.3 Å². The summed E-state index contributed by atoms with van der Waals surface area (Å²) in [5.41, 5.74) is -1.04. The first-order valence-corrected chi connectivity index (χ1v) is 6.46. The summed E-state index contributed by atoms with van der Waals surface area (Å²) in [6.45, 7) is 6.17. The van der Waals surface area contributed by atoms with E-state index in [1.807, 2.05) is 13.8 Å². The summed E-state index contributed by atoms with van der Waals surface area (Å²) < 4.78 is 0. The summed E-state index contributed by atoms with van der Waals surface area (Å²) in [7, 11) is 0. The average molecular weight is 257 g/mol. The fraction of sp³-hybridized carbons (Fsp3) is 0.846. The van der Waals surface area contributed by atoms with Crippen LogP contribution in [-0.4, -0.2) is 46.2 Å². The molecule has 0 bridgehead atoms. The number of aliphatic carboxylic acids is 1. The fourth-order valence-corrected chi connectivity index (χ4v) is 2.13. The van der Waals surface area contributed by atoms with E-state index in [9.17, 15) is 19.8 Å². The number of likely N-dealkylation sites (tertiary alicyclic amines) is 1. The normalized spacial score (nSPS) is 23.8. The van der Waals surface area contributed by atoms with Gasteiger partial charge in [-0.2, -0.15) is 0 Å². The summed E-state index contributed by atoms with van der Waals surface area (Å²) in [5, 5.41) is 18.8. The standard InChI is InChI=1S/C13H23NO4/c1-9(2)13(3,12(17)18)7-11(16)14-6-4-5-10(15)8-14/h9-10,15H,4-8H2,1-3H3,(H,17,18). The number of piperidine rings is 1. The Kier molecular flexibility index (Phi) is 4.73. The first kappa shape index (κ1) is 15.0. The summed E-state index contributed by atoms with van der Waals surface area (Å²) in [4.78, 5) is 25.0. The lowest BCUT2D eigenvalue weighted by atomic mass is 9.76. The molecule has 18 heavy (non-hydrogen) atoms. The molecule has 1 aliphatic heterocycles. The molecule has 1 heterocycles. The molecule has 0 aromatic heterocycles. The van der Waals surface area contributed by atoms with Gasteiger partial charge < -0.3 is 15.1 Å². The van der Waals surface area contributed by atoms with Gasteiger partial charge in [-0.25, -0.2) is 0 Å². The second-order valence-electron chi connectivity index (χ2n) is 5.69. The van der Waals surface area contributed by atoms with Gasteiger partial charge in [-0.3, -0.25) is 9.59 Å². The lowest BCUT2D eigenvalue weighted by Crippen LogP contribution is -2.46. The van der Waals surface area contributed by atoms with Crippen LogP contribution < -0.4 is 0 Å². The molecule has 1 amide bonds. The van der Waals surface area contributed by atoms with E-state index in [1.54, 1.807) is 11.8 Å². The first-order chi connectivity index (χ1) is 8.27. The monoisotopic (exact) mass is 257 g/mol. The van der Waals surface area contributed by atoms with Gasteiger partial charge in [0.05, 0.1) is 11.5 Å². The molecule has 1 fully saturated rings. The van der Waals surface area contributed by atoms with Crippen LogP contribution in [0.3, 0.4) is 0 Å². The lowest BCUT2D eigenvalue weighted by Gasteiger charge is -2.34. The molecule has 0 spiro atoms. The van der Waals surface area contributed by atoms with Crippen molar-refractivity contribution in [3.8, 4) is 0 Å². The molecule has 1 aliphatic rings. The molecule has 1 saturated heterocycles. The molecular formula is C13H23NO4. The molecule has 1 rings (SSSR count). The Morgan fingerprint density at radius 2 is 2.06 bits per heavy atom. The molecule has 0 aromatic carbocycles. The van der Waals surface area contributed by atoms with Crippen molar-refractivity contribution < 1.29 is 19.8 Å². The summed E-state index contributed by atoms with van der Waals surface area (Å²) in [5.74, 6) is -1.23. The molecular weight excluding hydrogens is 234 g/mol. The van der Waals surface area contributed by atoms with E-state index in [2.05, 4.69) is 0 Å². The summed E-state index contributed by atoms with van der Waals surface area (Å²) >= 11 is 0. The van der Waals surface area contributed by atoms with E-state index in [-0.39, 0.29) is 18.2 Å². The zero-order chi connectivity index (χ0) is 13.9. The second-order valence-corrected chi connectivity index (χ2v) is 5.69. The molecule has 0 saturated carbocycles. The molecule has 0 radical (unpaired) electrons. The van der Waals surface area contributed by atoms with Gasteiger partial charge >= 0.3 is 5.97 Å². The lowest BCUT2D eigenvalue weighted by molar-refractivity contribution is -0.156. The maximum atomic E-state index is 12.1. The third-order valence-corrected chi connectivity index (χ3v) is 4.03. The van der Waals surface area contributed by atoms with Crippen LogP contribution in [0.5, 0.6) is 0 Å². The van der Waals surface area contributed by atoms with Crippen LogP contribution >= 0.6 is 0 Å². The number of carbonyl (C=O) groups is 2. The Morgan fingerprint density at radius 3 is 2.50 bits per heavy atom. The fourth-order valence-electron chi connectivity index (χ4n) is 2.13. The molecule has 0 aromatic rings. The molecule has 0 aliphatic carbocycles. The Labute approximate surface area is 108 Å². The third-order valence-electron chi connectivity index (χ3n) is 4.03. The molecule has 104 valence electrons. The Morgan fingerprint density at radius 1 is 1.44 bits per heavy atom. The van der Waals surface area contributed by atoms with E-state index in [0.717, 1.165) is 6.42 Å². The number of aliphatic hydroxyl groups excluding tert-OH is 1. The first-order valence-electron chi connectivity index (χ1n) is 6.46. The molecule has 2 atom stereocenters. The van der Waals surface area contributed by atoms with Gasteiger partial charge in [0.15, 0.2) is 0 Å². The SMILES string of the molecule is CC(C)C(C)(CC(=O)N1CCCC(O)C1)C(=O)O. The van der Waals surface area contributed by atoms with Gasteiger partial charge in [0.1, 0.15) is 0 Å². The number of hydrogen-bond donors (Lipinski definition) is 2. The topological polar surface area (TPSA) is 77.8 Å². The minimum Gasteiger partial charge on any atom is -0.481 e. The summed E-state index contributed by atoms with van der Waals surface area (Å²) in [6, 6.07) is 0.